The Hall–Kier alpha value is -2.43. The number of halogens is 1. The molecule has 1 aromatic carbocycles. The number of nitrogens with zero attached hydrogens (tertiary/aromatic N) is 3. The summed E-state index contributed by atoms with van der Waals surface area (Å²) in [6.45, 7) is 0. The molecule has 0 aliphatic heterocycles. The molecule has 6 nitrogen and oxygen atoms in total. The van der Waals surface area contributed by atoms with Gasteiger partial charge in [0.15, 0.2) is 16.7 Å². The van der Waals surface area contributed by atoms with Crippen LogP contribution in [-0.2, 0) is 0 Å². The summed E-state index contributed by atoms with van der Waals surface area (Å²) in [6, 6.07) is 5.57. The maximum atomic E-state index is 9.37. The molecule has 0 amide bonds. The number of thioether (sulfide) groups is 1. The molecule has 0 radical (unpaired) electrons. The second-order valence-electron chi connectivity index (χ2n) is 4.78. The first-order chi connectivity index (χ1) is 11.6. The van der Waals surface area contributed by atoms with Crippen LogP contribution in [0.15, 0.2) is 23.5 Å². The van der Waals surface area contributed by atoms with E-state index in [4.69, 9.17) is 21.1 Å². The van der Waals surface area contributed by atoms with E-state index in [9.17, 15) is 5.26 Å². The number of H-pyrrole nitrogens is 1. The fraction of sp³-hybridized carbons (Fsp3) is 0.188. The molecule has 0 saturated carbocycles. The van der Waals surface area contributed by atoms with Crippen LogP contribution in [0.3, 0.4) is 0 Å². The number of nitrogens with one attached hydrogen (secondary N) is 1. The van der Waals surface area contributed by atoms with E-state index in [1.807, 2.05) is 6.26 Å². The highest BCUT2D eigenvalue weighted by Crippen LogP contribution is 2.40. The van der Waals surface area contributed by atoms with E-state index in [1.165, 1.54) is 11.8 Å². The van der Waals surface area contributed by atoms with Crippen LogP contribution >= 0.6 is 23.4 Å². The SMILES string of the molecule is COc1cc(Cl)c(-c2nc(SC)nc3[nH]cc(C#N)c23)cc1OC. The van der Waals surface area contributed by atoms with Crippen molar-refractivity contribution >= 4 is 34.4 Å². The Morgan fingerprint density at radius 3 is 2.54 bits per heavy atom. The van der Waals surface area contributed by atoms with Gasteiger partial charge >= 0.3 is 0 Å². The minimum absolute atomic E-state index is 0.449. The van der Waals surface area contributed by atoms with Gasteiger partial charge < -0.3 is 14.5 Å². The van der Waals surface area contributed by atoms with Crippen molar-refractivity contribution in [3.63, 3.8) is 0 Å². The van der Waals surface area contributed by atoms with E-state index in [1.54, 1.807) is 32.5 Å². The Balaban J connectivity index is 2.37. The summed E-state index contributed by atoms with van der Waals surface area (Å²) in [6.07, 6.45) is 3.50. The van der Waals surface area contributed by atoms with Gasteiger partial charge in [-0.15, -0.1) is 0 Å². The minimum Gasteiger partial charge on any atom is -0.493 e. The zero-order valence-corrected chi connectivity index (χ0v) is 14.7. The highest BCUT2D eigenvalue weighted by molar-refractivity contribution is 7.98. The topological polar surface area (TPSA) is 83.8 Å². The van der Waals surface area contributed by atoms with Crippen molar-refractivity contribution in [2.75, 3.05) is 20.5 Å². The summed E-state index contributed by atoms with van der Waals surface area (Å²) in [4.78, 5) is 12.0. The molecular weight excluding hydrogens is 348 g/mol. The first kappa shape index (κ1) is 16.4. The van der Waals surface area contributed by atoms with Crippen LogP contribution in [0.25, 0.3) is 22.3 Å². The molecule has 0 aliphatic carbocycles. The molecule has 2 heterocycles. The molecule has 0 bridgehead atoms. The summed E-state index contributed by atoms with van der Waals surface area (Å²) < 4.78 is 10.6. The smallest absolute Gasteiger partial charge is 0.189 e. The fourth-order valence-corrected chi connectivity index (χ4v) is 3.03. The second kappa shape index (κ2) is 6.59. The van der Waals surface area contributed by atoms with Gasteiger partial charge in [0.1, 0.15) is 11.7 Å². The average Bonchev–Trinajstić information content (AvgIpc) is 3.03. The van der Waals surface area contributed by atoms with Crippen LogP contribution in [0, 0.1) is 11.3 Å². The first-order valence-electron chi connectivity index (χ1n) is 6.88. The van der Waals surface area contributed by atoms with Gasteiger partial charge in [-0.3, -0.25) is 0 Å². The van der Waals surface area contributed by atoms with E-state index < -0.39 is 0 Å². The second-order valence-corrected chi connectivity index (χ2v) is 5.96. The molecule has 0 spiro atoms. The van der Waals surface area contributed by atoms with Gasteiger partial charge in [-0.05, 0) is 12.3 Å². The summed E-state index contributed by atoms with van der Waals surface area (Å²) in [5.41, 5.74) is 2.27. The highest BCUT2D eigenvalue weighted by Gasteiger charge is 2.19. The predicted octanol–water partition coefficient (Wildman–Crippen LogP) is 3.89. The molecule has 0 atom stereocenters. The number of aromatic nitrogens is 3. The Labute approximate surface area is 147 Å². The number of ether oxygens (including phenoxy) is 2. The lowest BCUT2D eigenvalue weighted by molar-refractivity contribution is 0.355. The van der Waals surface area contributed by atoms with Gasteiger partial charge in [0.25, 0.3) is 0 Å². The number of aromatic amines is 1. The third-order valence-electron chi connectivity index (χ3n) is 3.54. The van der Waals surface area contributed by atoms with Gasteiger partial charge in [-0.1, -0.05) is 23.4 Å². The molecule has 3 rings (SSSR count). The zero-order chi connectivity index (χ0) is 17.3. The number of hydrogen-bond acceptors (Lipinski definition) is 6. The third-order valence-corrected chi connectivity index (χ3v) is 4.40. The van der Waals surface area contributed by atoms with Gasteiger partial charge in [0, 0.05) is 17.8 Å². The maximum absolute atomic E-state index is 9.37. The van der Waals surface area contributed by atoms with Crippen molar-refractivity contribution in [1.29, 1.82) is 5.26 Å². The molecule has 3 aromatic rings. The van der Waals surface area contributed by atoms with Crippen LogP contribution in [0.4, 0.5) is 0 Å². The van der Waals surface area contributed by atoms with E-state index in [-0.39, 0.29) is 0 Å². The van der Waals surface area contributed by atoms with E-state index in [0.29, 0.717) is 49.5 Å². The molecule has 2 aromatic heterocycles. The lowest BCUT2D eigenvalue weighted by Crippen LogP contribution is -1.96. The van der Waals surface area contributed by atoms with Crippen molar-refractivity contribution in [2.45, 2.75) is 5.16 Å². The highest BCUT2D eigenvalue weighted by atomic mass is 35.5. The Morgan fingerprint density at radius 1 is 1.21 bits per heavy atom. The number of benzene rings is 1. The first-order valence-corrected chi connectivity index (χ1v) is 8.48. The normalized spacial score (nSPS) is 10.6. The van der Waals surface area contributed by atoms with Gasteiger partial charge in [0.05, 0.1) is 35.9 Å². The summed E-state index contributed by atoms with van der Waals surface area (Å²) in [7, 11) is 3.10. The van der Waals surface area contributed by atoms with E-state index >= 15 is 0 Å². The predicted molar refractivity (Wildman–Crippen MR) is 93.9 cm³/mol. The van der Waals surface area contributed by atoms with E-state index in [0.717, 1.165) is 0 Å². The van der Waals surface area contributed by atoms with Crippen LogP contribution in [0.2, 0.25) is 5.02 Å². The third kappa shape index (κ3) is 2.64. The van der Waals surface area contributed by atoms with Crippen LogP contribution in [0.1, 0.15) is 5.56 Å². The number of nitriles is 1. The van der Waals surface area contributed by atoms with Gasteiger partial charge in [-0.2, -0.15) is 5.26 Å². The van der Waals surface area contributed by atoms with Crippen molar-refractivity contribution in [2.24, 2.45) is 0 Å². The Bertz CT molecular complexity index is 965. The lowest BCUT2D eigenvalue weighted by Gasteiger charge is -2.12. The number of methoxy groups -OCH3 is 2. The average molecular weight is 361 g/mol. The zero-order valence-electron chi connectivity index (χ0n) is 13.2. The van der Waals surface area contributed by atoms with Gasteiger partial charge in [-0.25, -0.2) is 9.97 Å². The van der Waals surface area contributed by atoms with Crippen molar-refractivity contribution < 1.29 is 9.47 Å². The van der Waals surface area contributed by atoms with Crippen molar-refractivity contribution in [3.8, 4) is 28.8 Å². The number of fused-ring (bicyclic) bond motifs is 1. The molecule has 0 saturated heterocycles. The molecule has 8 heteroatoms. The van der Waals surface area contributed by atoms with E-state index in [2.05, 4.69) is 21.0 Å². The summed E-state index contributed by atoms with van der Waals surface area (Å²) >= 11 is 7.84. The van der Waals surface area contributed by atoms with Crippen molar-refractivity contribution in [3.05, 3.63) is 28.9 Å². The summed E-state index contributed by atoms with van der Waals surface area (Å²) in [5, 5.41) is 11.0. The molecule has 1 N–H and O–H groups in total. The van der Waals surface area contributed by atoms with Crippen LogP contribution in [-0.4, -0.2) is 35.4 Å². The minimum atomic E-state index is 0.449. The van der Waals surface area contributed by atoms with Crippen molar-refractivity contribution in [1.82, 2.24) is 15.0 Å². The summed E-state index contributed by atoms with van der Waals surface area (Å²) in [5.74, 6) is 1.06. The number of hydrogen-bond donors (Lipinski definition) is 1. The molecule has 24 heavy (non-hydrogen) atoms. The molecule has 0 fully saturated rings. The number of rotatable bonds is 4. The maximum Gasteiger partial charge on any atom is 0.189 e. The molecule has 122 valence electrons. The van der Waals surface area contributed by atoms with Gasteiger partial charge in [0.2, 0.25) is 0 Å². The Kier molecular flexibility index (Phi) is 4.51. The monoisotopic (exact) mass is 360 g/mol. The lowest BCUT2D eigenvalue weighted by atomic mass is 10.1. The quantitative estimate of drug-likeness (QED) is 0.561. The standard InChI is InChI=1S/C16H13ClN4O2S/c1-22-11-4-9(10(17)5-12(11)23-2)14-13-8(6-18)7-19-15(13)21-16(20-14)24-3/h4-5,7H,1-3H3,(H,19,20,21). The van der Waals surface area contributed by atoms with Crippen LogP contribution in [0.5, 0.6) is 11.5 Å². The molecular formula is C16H13ClN4O2S. The Morgan fingerprint density at radius 2 is 1.92 bits per heavy atom. The fourth-order valence-electron chi connectivity index (χ4n) is 2.42. The largest absolute Gasteiger partial charge is 0.493 e. The molecule has 0 aliphatic rings. The van der Waals surface area contributed by atoms with Crippen LogP contribution < -0.4 is 9.47 Å². The molecule has 0 unspecified atom stereocenters.